The van der Waals surface area contributed by atoms with E-state index in [1.54, 1.807) is 6.07 Å². The van der Waals surface area contributed by atoms with E-state index >= 15 is 0 Å². The summed E-state index contributed by atoms with van der Waals surface area (Å²) in [5, 5.41) is 3.22. The first-order valence-corrected chi connectivity index (χ1v) is 4.78. The Hall–Kier alpha value is -1.36. The molecule has 0 fully saturated rings. The van der Waals surface area contributed by atoms with Crippen molar-refractivity contribution in [3.63, 3.8) is 0 Å². The van der Waals surface area contributed by atoms with Gasteiger partial charge in [-0.1, -0.05) is 20.3 Å². The third-order valence-corrected chi connectivity index (χ3v) is 2.14. The maximum absolute atomic E-state index is 5.23. The Morgan fingerprint density at radius 2 is 2.14 bits per heavy atom. The van der Waals surface area contributed by atoms with Crippen LogP contribution in [-0.2, 0) is 0 Å². The van der Waals surface area contributed by atoms with Crippen LogP contribution in [0.4, 0.5) is 11.6 Å². The summed E-state index contributed by atoms with van der Waals surface area (Å²) in [6.45, 7) is 5.27. The molecule has 0 radical (unpaired) electrons. The Morgan fingerprint density at radius 1 is 1.43 bits per heavy atom. The Bertz CT molecular complexity index is 276. The zero-order valence-electron chi connectivity index (χ0n) is 8.62. The summed E-state index contributed by atoms with van der Waals surface area (Å²) in [4.78, 5) is 7.99. The van der Waals surface area contributed by atoms with Gasteiger partial charge in [0, 0.05) is 12.6 Å². The molecule has 0 aliphatic carbocycles. The van der Waals surface area contributed by atoms with Crippen LogP contribution >= 0.6 is 0 Å². The first-order chi connectivity index (χ1) is 6.76. The maximum atomic E-state index is 5.23. The van der Waals surface area contributed by atoms with Crippen molar-refractivity contribution in [1.82, 2.24) is 9.97 Å². The van der Waals surface area contributed by atoms with Gasteiger partial charge in [-0.05, 0) is 5.92 Å². The largest absolute Gasteiger partial charge is 0.370 e. The second kappa shape index (κ2) is 5.39. The smallest absolute Gasteiger partial charge is 0.145 e. The molecule has 14 heavy (non-hydrogen) atoms. The standard InChI is InChI=1S/C9H17N5/c1-3-7(2)5-11-8-4-9(14-10)13-6-12-8/h4,6-7H,3,5,10H2,1-2H3,(H2,11,12,13,14). The number of anilines is 2. The number of rotatable bonds is 5. The topological polar surface area (TPSA) is 75.9 Å². The van der Waals surface area contributed by atoms with Gasteiger partial charge < -0.3 is 10.7 Å². The molecule has 0 aliphatic heterocycles. The van der Waals surface area contributed by atoms with Crippen molar-refractivity contribution in [3.05, 3.63) is 12.4 Å². The highest BCUT2D eigenvalue weighted by Crippen LogP contribution is 2.08. The van der Waals surface area contributed by atoms with Gasteiger partial charge in [0.25, 0.3) is 0 Å². The van der Waals surface area contributed by atoms with Gasteiger partial charge in [0.15, 0.2) is 0 Å². The molecule has 4 N–H and O–H groups in total. The van der Waals surface area contributed by atoms with Crippen molar-refractivity contribution in [1.29, 1.82) is 0 Å². The van der Waals surface area contributed by atoms with E-state index in [4.69, 9.17) is 5.84 Å². The zero-order chi connectivity index (χ0) is 10.4. The summed E-state index contributed by atoms with van der Waals surface area (Å²) < 4.78 is 0. The first-order valence-electron chi connectivity index (χ1n) is 4.78. The summed E-state index contributed by atoms with van der Waals surface area (Å²) >= 11 is 0. The molecular weight excluding hydrogens is 178 g/mol. The van der Waals surface area contributed by atoms with E-state index in [-0.39, 0.29) is 0 Å². The Labute approximate surface area is 84.1 Å². The third kappa shape index (κ3) is 3.18. The first kappa shape index (κ1) is 10.7. The summed E-state index contributed by atoms with van der Waals surface area (Å²) in [6, 6.07) is 1.78. The fraction of sp³-hybridized carbons (Fsp3) is 0.556. The van der Waals surface area contributed by atoms with E-state index in [2.05, 4.69) is 34.6 Å². The number of nitrogen functional groups attached to an aromatic ring is 1. The van der Waals surface area contributed by atoms with Gasteiger partial charge >= 0.3 is 0 Å². The third-order valence-electron chi connectivity index (χ3n) is 2.14. The van der Waals surface area contributed by atoms with E-state index in [0.29, 0.717) is 11.7 Å². The van der Waals surface area contributed by atoms with Crippen LogP contribution in [0.1, 0.15) is 20.3 Å². The molecule has 1 aromatic rings. The van der Waals surface area contributed by atoms with Gasteiger partial charge in [0.05, 0.1) is 0 Å². The normalized spacial score (nSPS) is 12.2. The van der Waals surface area contributed by atoms with Crippen LogP contribution in [0.2, 0.25) is 0 Å². The van der Waals surface area contributed by atoms with Crippen LogP contribution in [0.15, 0.2) is 12.4 Å². The quantitative estimate of drug-likeness (QED) is 0.486. The number of nitrogens with one attached hydrogen (secondary N) is 2. The molecule has 0 aromatic carbocycles. The molecule has 0 bridgehead atoms. The van der Waals surface area contributed by atoms with E-state index in [1.165, 1.54) is 6.33 Å². The highest BCUT2D eigenvalue weighted by molar-refractivity contribution is 5.45. The number of nitrogens with two attached hydrogens (primary N) is 1. The number of hydrazine groups is 1. The second-order valence-electron chi connectivity index (χ2n) is 3.33. The van der Waals surface area contributed by atoms with E-state index in [1.807, 2.05) is 0 Å². The van der Waals surface area contributed by atoms with Crippen LogP contribution in [0.25, 0.3) is 0 Å². The summed E-state index contributed by atoms with van der Waals surface area (Å²) in [5.74, 6) is 7.29. The van der Waals surface area contributed by atoms with Crippen molar-refractivity contribution in [2.24, 2.45) is 11.8 Å². The fourth-order valence-corrected chi connectivity index (χ4v) is 0.956. The predicted molar refractivity (Wildman–Crippen MR) is 57.8 cm³/mol. The molecule has 5 heteroatoms. The highest BCUT2D eigenvalue weighted by Gasteiger charge is 2.00. The molecule has 78 valence electrons. The van der Waals surface area contributed by atoms with Crippen LogP contribution in [0.5, 0.6) is 0 Å². The molecule has 1 unspecified atom stereocenters. The lowest BCUT2D eigenvalue weighted by Crippen LogP contribution is -2.13. The maximum Gasteiger partial charge on any atom is 0.145 e. The average molecular weight is 195 g/mol. The summed E-state index contributed by atoms with van der Waals surface area (Å²) in [6.07, 6.45) is 2.63. The predicted octanol–water partition coefficient (Wildman–Crippen LogP) is 1.22. The Kier molecular flexibility index (Phi) is 4.12. The van der Waals surface area contributed by atoms with Crippen LogP contribution in [-0.4, -0.2) is 16.5 Å². The molecule has 0 amide bonds. The van der Waals surface area contributed by atoms with E-state index in [9.17, 15) is 0 Å². The molecule has 1 heterocycles. The molecule has 1 rings (SSSR count). The van der Waals surface area contributed by atoms with Gasteiger partial charge in [0.1, 0.15) is 18.0 Å². The zero-order valence-corrected chi connectivity index (χ0v) is 8.62. The Morgan fingerprint density at radius 3 is 2.79 bits per heavy atom. The lowest BCUT2D eigenvalue weighted by molar-refractivity contribution is 0.592. The molecule has 0 saturated heterocycles. The van der Waals surface area contributed by atoms with Gasteiger partial charge in [-0.2, -0.15) is 0 Å². The van der Waals surface area contributed by atoms with Crippen molar-refractivity contribution in [2.45, 2.75) is 20.3 Å². The molecule has 5 nitrogen and oxygen atoms in total. The minimum absolute atomic E-state index is 0.617. The lowest BCUT2D eigenvalue weighted by Gasteiger charge is -2.10. The molecule has 1 aromatic heterocycles. The average Bonchev–Trinajstić information content (AvgIpc) is 2.26. The number of hydrogen-bond acceptors (Lipinski definition) is 5. The summed E-state index contributed by atoms with van der Waals surface area (Å²) in [7, 11) is 0. The number of nitrogens with zero attached hydrogens (tertiary/aromatic N) is 2. The van der Waals surface area contributed by atoms with Crippen molar-refractivity contribution >= 4 is 11.6 Å². The van der Waals surface area contributed by atoms with Crippen LogP contribution in [0, 0.1) is 5.92 Å². The van der Waals surface area contributed by atoms with Gasteiger partial charge in [0.2, 0.25) is 0 Å². The molecular formula is C9H17N5. The minimum atomic E-state index is 0.617. The molecule has 0 saturated carbocycles. The second-order valence-corrected chi connectivity index (χ2v) is 3.33. The van der Waals surface area contributed by atoms with Gasteiger partial charge in [-0.3, -0.25) is 0 Å². The van der Waals surface area contributed by atoms with Crippen molar-refractivity contribution < 1.29 is 0 Å². The highest BCUT2D eigenvalue weighted by atomic mass is 15.3. The molecule has 0 spiro atoms. The Balaban J connectivity index is 2.50. The van der Waals surface area contributed by atoms with Crippen molar-refractivity contribution in [3.8, 4) is 0 Å². The van der Waals surface area contributed by atoms with Crippen molar-refractivity contribution in [2.75, 3.05) is 17.3 Å². The van der Waals surface area contributed by atoms with E-state index in [0.717, 1.165) is 18.8 Å². The van der Waals surface area contributed by atoms with Gasteiger partial charge in [-0.25, -0.2) is 15.8 Å². The lowest BCUT2D eigenvalue weighted by atomic mass is 10.1. The van der Waals surface area contributed by atoms with Gasteiger partial charge in [-0.15, -0.1) is 0 Å². The molecule has 0 aliphatic rings. The number of aromatic nitrogens is 2. The fourth-order valence-electron chi connectivity index (χ4n) is 0.956. The van der Waals surface area contributed by atoms with E-state index < -0.39 is 0 Å². The van der Waals surface area contributed by atoms with Crippen LogP contribution < -0.4 is 16.6 Å². The monoisotopic (exact) mass is 195 g/mol. The summed E-state index contributed by atoms with van der Waals surface area (Å²) in [5.41, 5.74) is 2.48. The molecule has 1 atom stereocenters. The minimum Gasteiger partial charge on any atom is -0.370 e. The SMILES string of the molecule is CCC(C)CNc1cc(NN)ncn1. The number of hydrogen-bond donors (Lipinski definition) is 3. The van der Waals surface area contributed by atoms with Crippen LogP contribution in [0.3, 0.4) is 0 Å².